The molecule has 0 aromatic carbocycles. The van der Waals surface area contributed by atoms with E-state index in [9.17, 15) is 0 Å². The Morgan fingerprint density at radius 1 is 1.41 bits per heavy atom. The quantitative estimate of drug-likeness (QED) is 0.799. The van der Waals surface area contributed by atoms with E-state index in [-0.39, 0.29) is 6.10 Å². The van der Waals surface area contributed by atoms with Crippen LogP contribution in [0.5, 0.6) is 0 Å². The molecule has 17 heavy (non-hydrogen) atoms. The third-order valence-electron chi connectivity index (χ3n) is 2.94. The first-order chi connectivity index (χ1) is 8.20. The van der Waals surface area contributed by atoms with Gasteiger partial charge in [0.2, 0.25) is 0 Å². The van der Waals surface area contributed by atoms with Crippen LogP contribution in [0.1, 0.15) is 37.7 Å². The number of aromatic nitrogens is 2. The molecule has 1 saturated heterocycles. The highest BCUT2D eigenvalue weighted by Gasteiger charge is 2.17. The van der Waals surface area contributed by atoms with Crippen LogP contribution in [0.25, 0.3) is 0 Å². The first kappa shape index (κ1) is 13.2. The van der Waals surface area contributed by atoms with Gasteiger partial charge < -0.3 is 4.74 Å². The molecule has 0 amide bonds. The molecule has 1 fully saturated rings. The molecule has 3 nitrogen and oxygen atoms in total. The van der Waals surface area contributed by atoms with Crippen molar-refractivity contribution in [2.24, 2.45) is 0 Å². The Balaban J connectivity index is 2.12. The average Bonchev–Trinajstić information content (AvgIpc) is 2.35. The second-order valence-corrected chi connectivity index (χ2v) is 5.39. The number of hydrogen-bond donors (Lipinski definition) is 0. The Morgan fingerprint density at radius 3 is 2.88 bits per heavy atom. The van der Waals surface area contributed by atoms with E-state index in [2.05, 4.69) is 32.8 Å². The van der Waals surface area contributed by atoms with Crippen LogP contribution in [0, 0.1) is 0 Å². The van der Waals surface area contributed by atoms with Gasteiger partial charge >= 0.3 is 0 Å². The SMILES string of the molecule is CCc1nc(CC2CCCCO2)nc(Cl)c1Br. The number of nitrogens with zero attached hydrogens (tertiary/aromatic N) is 2. The first-order valence-electron chi connectivity index (χ1n) is 6.03. The van der Waals surface area contributed by atoms with Gasteiger partial charge in [0.05, 0.1) is 16.3 Å². The Labute approximate surface area is 115 Å². The predicted octanol–water partition coefficient (Wildman–Crippen LogP) is 3.57. The number of hydrogen-bond acceptors (Lipinski definition) is 3. The van der Waals surface area contributed by atoms with Crippen LogP contribution in [0.3, 0.4) is 0 Å². The fourth-order valence-electron chi connectivity index (χ4n) is 2.01. The van der Waals surface area contributed by atoms with Gasteiger partial charge in [0, 0.05) is 13.0 Å². The molecule has 1 aliphatic heterocycles. The highest BCUT2D eigenvalue weighted by molar-refractivity contribution is 9.10. The normalized spacial score (nSPS) is 20.5. The summed E-state index contributed by atoms with van der Waals surface area (Å²) in [5.41, 5.74) is 0.968. The van der Waals surface area contributed by atoms with Crippen molar-refractivity contribution in [2.45, 2.75) is 45.1 Å². The van der Waals surface area contributed by atoms with E-state index in [1.807, 2.05) is 0 Å². The zero-order valence-corrected chi connectivity index (χ0v) is 12.2. The maximum absolute atomic E-state index is 6.08. The van der Waals surface area contributed by atoms with Crippen molar-refractivity contribution in [1.29, 1.82) is 0 Å². The number of halogens is 2. The first-order valence-corrected chi connectivity index (χ1v) is 7.20. The average molecular weight is 320 g/mol. The zero-order chi connectivity index (χ0) is 12.3. The van der Waals surface area contributed by atoms with Gasteiger partial charge in [-0.15, -0.1) is 0 Å². The number of rotatable bonds is 3. The highest BCUT2D eigenvalue weighted by Crippen LogP contribution is 2.25. The van der Waals surface area contributed by atoms with Crippen LogP contribution >= 0.6 is 27.5 Å². The lowest BCUT2D eigenvalue weighted by Gasteiger charge is -2.22. The smallest absolute Gasteiger partial charge is 0.147 e. The van der Waals surface area contributed by atoms with Gasteiger partial charge in [0.25, 0.3) is 0 Å². The summed E-state index contributed by atoms with van der Waals surface area (Å²) in [7, 11) is 0. The van der Waals surface area contributed by atoms with E-state index in [1.165, 1.54) is 12.8 Å². The summed E-state index contributed by atoms with van der Waals surface area (Å²) < 4.78 is 6.51. The molecule has 0 saturated carbocycles. The van der Waals surface area contributed by atoms with Gasteiger partial charge in [-0.2, -0.15) is 0 Å². The van der Waals surface area contributed by atoms with Crippen molar-refractivity contribution in [2.75, 3.05) is 6.61 Å². The molecular weight excluding hydrogens is 304 g/mol. The van der Waals surface area contributed by atoms with Gasteiger partial charge in [-0.05, 0) is 41.6 Å². The Kier molecular flexibility index (Phi) is 4.77. The minimum atomic E-state index is 0.255. The van der Waals surface area contributed by atoms with Crippen molar-refractivity contribution in [3.63, 3.8) is 0 Å². The number of aryl methyl sites for hydroxylation is 1. The monoisotopic (exact) mass is 318 g/mol. The number of ether oxygens (including phenoxy) is 1. The minimum Gasteiger partial charge on any atom is -0.378 e. The standard InChI is InChI=1S/C12H16BrClN2O/c1-2-9-11(13)12(14)16-10(15-9)7-8-5-3-4-6-17-8/h8H,2-7H2,1H3. The van der Waals surface area contributed by atoms with Crippen LogP contribution in [0.4, 0.5) is 0 Å². The van der Waals surface area contributed by atoms with E-state index < -0.39 is 0 Å². The Bertz CT molecular complexity index is 394. The molecule has 2 rings (SSSR count). The summed E-state index contributed by atoms with van der Waals surface area (Å²) in [6, 6.07) is 0. The largest absolute Gasteiger partial charge is 0.378 e. The molecule has 1 unspecified atom stereocenters. The van der Waals surface area contributed by atoms with Crippen molar-refractivity contribution < 1.29 is 4.74 Å². The molecule has 0 bridgehead atoms. The molecule has 1 aliphatic rings. The predicted molar refractivity (Wildman–Crippen MR) is 71.4 cm³/mol. The van der Waals surface area contributed by atoms with Crippen molar-refractivity contribution in [3.05, 3.63) is 21.1 Å². The van der Waals surface area contributed by atoms with Crippen LogP contribution in [0.2, 0.25) is 5.15 Å². The Hall–Kier alpha value is -0.190. The van der Waals surface area contributed by atoms with Crippen molar-refractivity contribution in [3.8, 4) is 0 Å². The van der Waals surface area contributed by atoms with Gasteiger partial charge in [0.1, 0.15) is 11.0 Å². The van der Waals surface area contributed by atoms with Crippen LogP contribution in [-0.4, -0.2) is 22.7 Å². The lowest BCUT2D eigenvalue weighted by Crippen LogP contribution is -2.22. The fraction of sp³-hybridized carbons (Fsp3) is 0.667. The maximum Gasteiger partial charge on any atom is 0.147 e. The minimum absolute atomic E-state index is 0.255. The molecule has 0 spiro atoms. The molecule has 0 aliphatic carbocycles. The summed E-state index contributed by atoms with van der Waals surface area (Å²) in [6.07, 6.45) is 5.36. The summed E-state index contributed by atoms with van der Waals surface area (Å²) in [5, 5.41) is 0.502. The van der Waals surface area contributed by atoms with E-state index in [1.54, 1.807) is 0 Å². The lowest BCUT2D eigenvalue weighted by molar-refractivity contribution is 0.0156. The highest BCUT2D eigenvalue weighted by atomic mass is 79.9. The second kappa shape index (κ2) is 6.12. The fourth-order valence-corrected chi connectivity index (χ4v) is 2.67. The molecule has 1 aromatic heterocycles. The van der Waals surface area contributed by atoms with E-state index >= 15 is 0 Å². The lowest BCUT2D eigenvalue weighted by atomic mass is 10.1. The molecule has 5 heteroatoms. The third kappa shape index (κ3) is 3.39. The van der Waals surface area contributed by atoms with Crippen LogP contribution in [0.15, 0.2) is 4.47 Å². The van der Waals surface area contributed by atoms with E-state index in [0.29, 0.717) is 5.15 Å². The van der Waals surface area contributed by atoms with E-state index in [0.717, 1.165) is 41.9 Å². The van der Waals surface area contributed by atoms with Crippen LogP contribution in [-0.2, 0) is 17.6 Å². The zero-order valence-electron chi connectivity index (χ0n) is 9.88. The van der Waals surface area contributed by atoms with Gasteiger partial charge in [-0.1, -0.05) is 18.5 Å². The van der Waals surface area contributed by atoms with Gasteiger partial charge in [-0.25, -0.2) is 9.97 Å². The molecule has 0 radical (unpaired) electrons. The molecule has 0 N–H and O–H groups in total. The van der Waals surface area contributed by atoms with Crippen molar-refractivity contribution in [1.82, 2.24) is 9.97 Å². The molecule has 1 aromatic rings. The van der Waals surface area contributed by atoms with Gasteiger partial charge in [-0.3, -0.25) is 0 Å². The summed E-state index contributed by atoms with van der Waals surface area (Å²) in [5.74, 6) is 0.793. The van der Waals surface area contributed by atoms with Gasteiger partial charge in [0.15, 0.2) is 0 Å². The third-order valence-corrected chi connectivity index (χ3v) is 4.28. The molecule has 1 atom stereocenters. The molecule has 2 heterocycles. The summed E-state index contributed by atoms with van der Waals surface area (Å²) >= 11 is 9.49. The summed E-state index contributed by atoms with van der Waals surface area (Å²) in [4.78, 5) is 8.83. The van der Waals surface area contributed by atoms with E-state index in [4.69, 9.17) is 16.3 Å². The second-order valence-electron chi connectivity index (χ2n) is 4.24. The topological polar surface area (TPSA) is 35.0 Å². The molecule has 94 valence electrons. The van der Waals surface area contributed by atoms with Crippen LogP contribution < -0.4 is 0 Å². The maximum atomic E-state index is 6.08. The summed E-state index contributed by atoms with van der Waals surface area (Å²) in [6.45, 7) is 2.92. The molecular formula is C12H16BrClN2O. The van der Waals surface area contributed by atoms with Crippen molar-refractivity contribution >= 4 is 27.5 Å². The Morgan fingerprint density at radius 2 is 2.24 bits per heavy atom.